The third kappa shape index (κ3) is 1.82. The number of hydrogen-bond donors (Lipinski definition) is 0. The van der Waals surface area contributed by atoms with Gasteiger partial charge in [0.05, 0.1) is 0 Å². The van der Waals surface area contributed by atoms with E-state index >= 15 is 0 Å². The van der Waals surface area contributed by atoms with Crippen LogP contribution < -0.4 is 4.90 Å². The molecule has 2 atom stereocenters. The molecular weight excluding hydrogens is 256 g/mol. The van der Waals surface area contributed by atoms with E-state index in [1.54, 1.807) is 0 Å². The first kappa shape index (κ1) is 12.9. The van der Waals surface area contributed by atoms with Gasteiger partial charge in [0.1, 0.15) is 0 Å². The number of fused-ring (bicyclic) bond motifs is 3. The quantitative estimate of drug-likeness (QED) is 0.777. The van der Waals surface area contributed by atoms with Gasteiger partial charge in [-0.25, -0.2) is 0 Å². The van der Waals surface area contributed by atoms with E-state index in [1.165, 1.54) is 29.9 Å². The Morgan fingerprint density at radius 2 is 1.71 bits per heavy atom. The monoisotopic (exact) mass is 278 g/mol. The summed E-state index contributed by atoms with van der Waals surface area (Å²) in [5.74, 6) is 0.652. The van der Waals surface area contributed by atoms with E-state index < -0.39 is 0 Å². The summed E-state index contributed by atoms with van der Waals surface area (Å²) < 4.78 is 0. The van der Waals surface area contributed by atoms with E-state index in [9.17, 15) is 0 Å². The van der Waals surface area contributed by atoms with Gasteiger partial charge in [-0.15, -0.1) is 0 Å². The lowest BCUT2D eigenvalue weighted by Crippen LogP contribution is -2.53. The van der Waals surface area contributed by atoms with E-state index in [4.69, 9.17) is 0 Å². The van der Waals surface area contributed by atoms with Gasteiger partial charge in [-0.2, -0.15) is 0 Å². The minimum atomic E-state index is 0.226. The standard InChI is InChI=1S/C19H22N2/c1-19-14-21(15-8-4-3-5-9-15)18-11-7-6-10-16(18)17(19)12-13-20(19)2/h3-11,17H,12-14H2,1-2H3/t17-,19+/m0/s1. The van der Waals surface area contributed by atoms with Gasteiger partial charge < -0.3 is 4.90 Å². The Balaban J connectivity index is 1.88. The van der Waals surface area contributed by atoms with Gasteiger partial charge in [0.25, 0.3) is 0 Å². The Labute approximate surface area is 127 Å². The highest BCUT2D eigenvalue weighted by Crippen LogP contribution is 2.50. The van der Waals surface area contributed by atoms with E-state index in [2.05, 4.69) is 78.4 Å². The van der Waals surface area contributed by atoms with Crippen LogP contribution in [0.3, 0.4) is 0 Å². The first-order valence-electron chi connectivity index (χ1n) is 7.83. The van der Waals surface area contributed by atoms with Gasteiger partial charge in [0.15, 0.2) is 0 Å². The van der Waals surface area contributed by atoms with Gasteiger partial charge in [-0.05, 0) is 50.7 Å². The molecule has 0 bridgehead atoms. The van der Waals surface area contributed by atoms with Crippen molar-refractivity contribution in [2.45, 2.75) is 24.8 Å². The Bertz CT molecular complexity index is 652. The number of para-hydroxylation sites is 2. The van der Waals surface area contributed by atoms with Crippen molar-refractivity contribution in [2.24, 2.45) is 0 Å². The van der Waals surface area contributed by atoms with Crippen LogP contribution >= 0.6 is 0 Å². The Kier molecular flexibility index (Phi) is 2.83. The maximum Gasteiger partial charge on any atom is 0.0447 e. The number of nitrogens with zero attached hydrogens (tertiary/aromatic N) is 2. The largest absolute Gasteiger partial charge is 0.339 e. The van der Waals surface area contributed by atoms with Crippen LogP contribution in [-0.4, -0.2) is 30.6 Å². The predicted octanol–water partition coefficient (Wildman–Crippen LogP) is 4.02. The predicted molar refractivity (Wildman–Crippen MR) is 88.3 cm³/mol. The number of anilines is 2. The molecule has 108 valence electrons. The van der Waals surface area contributed by atoms with Gasteiger partial charge in [0, 0.05) is 29.4 Å². The van der Waals surface area contributed by atoms with Crippen LogP contribution in [-0.2, 0) is 0 Å². The van der Waals surface area contributed by atoms with Gasteiger partial charge in [0.2, 0.25) is 0 Å². The summed E-state index contributed by atoms with van der Waals surface area (Å²) in [5.41, 5.74) is 4.43. The molecule has 2 heteroatoms. The van der Waals surface area contributed by atoms with Crippen LogP contribution in [0.15, 0.2) is 54.6 Å². The van der Waals surface area contributed by atoms with Crippen molar-refractivity contribution in [3.63, 3.8) is 0 Å². The molecular formula is C19H22N2. The fourth-order valence-electron chi connectivity index (χ4n) is 4.15. The summed E-state index contributed by atoms with van der Waals surface area (Å²) in [5, 5.41) is 0. The van der Waals surface area contributed by atoms with Crippen molar-refractivity contribution in [3.05, 3.63) is 60.2 Å². The molecule has 2 nitrogen and oxygen atoms in total. The molecule has 0 spiro atoms. The lowest BCUT2D eigenvalue weighted by Gasteiger charge is -2.47. The minimum Gasteiger partial charge on any atom is -0.339 e. The van der Waals surface area contributed by atoms with Crippen molar-refractivity contribution in [1.82, 2.24) is 4.90 Å². The van der Waals surface area contributed by atoms with Crippen LogP contribution in [0.1, 0.15) is 24.8 Å². The lowest BCUT2D eigenvalue weighted by molar-refractivity contribution is 0.182. The smallest absolute Gasteiger partial charge is 0.0447 e. The average Bonchev–Trinajstić information content (AvgIpc) is 2.83. The van der Waals surface area contributed by atoms with Gasteiger partial charge >= 0.3 is 0 Å². The molecule has 2 heterocycles. The maximum atomic E-state index is 2.55. The minimum absolute atomic E-state index is 0.226. The van der Waals surface area contributed by atoms with E-state index in [-0.39, 0.29) is 5.54 Å². The van der Waals surface area contributed by atoms with Crippen LogP contribution in [0, 0.1) is 0 Å². The molecule has 0 aromatic heterocycles. The highest BCUT2D eigenvalue weighted by Gasteiger charge is 2.49. The van der Waals surface area contributed by atoms with Crippen LogP contribution in [0.4, 0.5) is 11.4 Å². The van der Waals surface area contributed by atoms with Gasteiger partial charge in [-0.3, -0.25) is 4.90 Å². The van der Waals surface area contributed by atoms with Crippen molar-refractivity contribution >= 4 is 11.4 Å². The fraction of sp³-hybridized carbons (Fsp3) is 0.368. The second-order valence-corrected chi connectivity index (χ2v) is 6.60. The normalized spacial score (nSPS) is 28.3. The topological polar surface area (TPSA) is 6.48 Å². The van der Waals surface area contributed by atoms with Crippen molar-refractivity contribution in [2.75, 3.05) is 25.0 Å². The van der Waals surface area contributed by atoms with Crippen molar-refractivity contribution in [3.8, 4) is 0 Å². The Morgan fingerprint density at radius 3 is 2.52 bits per heavy atom. The second kappa shape index (κ2) is 4.60. The zero-order valence-corrected chi connectivity index (χ0v) is 12.8. The molecule has 4 rings (SSSR count). The highest BCUT2D eigenvalue weighted by molar-refractivity contribution is 5.70. The summed E-state index contributed by atoms with van der Waals surface area (Å²) >= 11 is 0. The SMILES string of the molecule is CN1CC[C@H]2c3ccccc3N(c3ccccc3)C[C@]21C. The summed E-state index contributed by atoms with van der Waals surface area (Å²) in [6, 6.07) is 19.7. The number of likely N-dealkylation sites (N-methyl/N-ethyl adjacent to an activating group) is 1. The Morgan fingerprint density at radius 1 is 1.00 bits per heavy atom. The first-order valence-corrected chi connectivity index (χ1v) is 7.83. The van der Waals surface area contributed by atoms with Crippen LogP contribution in [0.2, 0.25) is 0 Å². The molecule has 2 aromatic rings. The van der Waals surface area contributed by atoms with Gasteiger partial charge in [-0.1, -0.05) is 36.4 Å². The number of likely N-dealkylation sites (tertiary alicyclic amines) is 1. The molecule has 0 amide bonds. The molecule has 2 aliphatic rings. The average molecular weight is 278 g/mol. The molecule has 1 fully saturated rings. The van der Waals surface area contributed by atoms with Crippen molar-refractivity contribution in [1.29, 1.82) is 0 Å². The third-order valence-corrected chi connectivity index (χ3v) is 5.52. The molecule has 21 heavy (non-hydrogen) atoms. The fourth-order valence-corrected chi connectivity index (χ4v) is 4.15. The second-order valence-electron chi connectivity index (χ2n) is 6.60. The Hall–Kier alpha value is -1.80. The van der Waals surface area contributed by atoms with Crippen LogP contribution in [0.25, 0.3) is 0 Å². The zero-order valence-electron chi connectivity index (χ0n) is 12.8. The molecule has 0 saturated carbocycles. The summed E-state index contributed by atoms with van der Waals surface area (Å²) in [7, 11) is 2.27. The van der Waals surface area contributed by atoms with Crippen LogP contribution in [0.5, 0.6) is 0 Å². The molecule has 0 aliphatic carbocycles. The summed E-state index contributed by atoms with van der Waals surface area (Å²) in [4.78, 5) is 5.04. The number of rotatable bonds is 1. The van der Waals surface area contributed by atoms with Crippen molar-refractivity contribution < 1.29 is 0 Å². The molecule has 2 aliphatic heterocycles. The maximum absolute atomic E-state index is 2.55. The summed E-state index contributed by atoms with van der Waals surface area (Å²) in [6.45, 7) is 4.68. The molecule has 0 unspecified atom stereocenters. The molecule has 0 radical (unpaired) electrons. The van der Waals surface area contributed by atoms with E-state index in [0.717, 1.165) is 6.54 Å². The molecule has 1 saturated heterocycles. The van der Waals surface area contributed by atoms with E-state index in [0.29, 0.717) is 5.92 Å². The van der Waals surface area contributed by atoms with E-state index in [1.807, 2.05) is 0 Å². The molecule has 0 N–H and O–H groups in total. The highest BCUT2D eigenvalue weighted by atomic mass is 15.3. The third-order valence-electron chi connectivity index (χ3n) is 5.52. The first-order chi connectivity index (χ1) is 10.2. The summed E-state index contributed by atoms with van der Waals surface area (Å²) in [6.07, 6.45) is 1.27. The lowest BCUT2D eigenvalue weighted by atomic mass is 9.77. The molecule has 2 aromatic carbocycles. The zero-order chi connectivity index (χ0) is 14.4. The number of benzene rings is 2. The number of hydrogen-bond acceptors (Lipinski definition) is 2.